The maximum absolute atomic E-state index is 3.87. The third-order valence-electron chi connectivity index (χ3n) is 7.12. The summed E-state index contributed by atoms with van der Waals surface area (Å²) in [5, 5.41) is 3.87. The summed E-state index contributed by atoms with van der Waals surface area (Å²) in [7, 11) is 0. The smallest absolute Gasteiger partial charge is 0.0144 e. The first-order valence-electron chi connectivity index (χ1n) is 9.17. The van der Waals surface area contributed by atoms with Gasteiger partial charge in [-0.1, -0.05) is 37.1 Å². The number of nitrogens with one attached hydrogen (secondary N) is 1. The molecular formula is C20H27N. The van der Waals surface area contributed by atoms with Crippen LogP contribution in [0.4, 0.5) is 0 Å². The van der Waals surface area contributed by atoms with Gasteiger partial charge in [0.15, 0.2) is 0 Å². The molecule has 1 saturated heterocycles. The standard InChI is InChI=1S/C20H27N/c1-2-4-17-16(3-1)13-19-18-12-15(11-14-5-6-14)7-8-20(17,18)9-10-21-19/h1-4,14-15,18-19,21H,5-13H2/t15?,18-,19+,20-/m0/s1. The molecule has 112 valence electrons. The molecule has 4 atom stereocenters. The Morgan fingerprint density at radius 2 is 1.95 bits per heavy atom. The van der Waals surface area contributed by atoms with Crippen molar-refractivity contribution < 1.29 is 0 Å². The third kappa shape index (κ3) is 1.93. The van der Waals surface area contributed by atoms with Crippen LogP contribution in [-0.2, 0) is 11.8 Å². The van der Waals surface area contributed by atoms with Crippen molar-refractivity contribution in [3.05, 3.63) is 35.4 Å². The van der Waals surface area contributed by atoms with Gasteiger partial charge in [-0.15, -0.1) is 0 Å². The average molecular weight is 281 g/mol. The van der Waals surface area contributed by atoms with Crippen LogP contribution in [0.25, 0.3) is 0 Å². The molecule has 0 radical (unpaired) electrons. The van der Waals surface area contributed by atoms with Crippen LogP contribution in [0.15, 0.2) is 24.3 Å². The van der Waals surface area contributed by atoms with Gasteiger partial charge in [0.1, 0.15) is 0 Å². The highest BCUT2D eigenvalue weighted by Gasteiger charge is 2.53. The molecular weight excluding hydrogens is 254 g/mol. The van der Waals surface area contributed by atoms with E-state index in [1.807, 2.05) is 0 Å². The quantitative estimate of drug-likeness (QED) is 0.862. The molecule has 1 N–H and O–H groups in total. The Bertz CT molecular complexity index is 547. The van der Waals surface area contributed by atoms with E-state index in [1.165, 1.54) is 51.5 Å². The number of piperidine rings is 1. The lowest BCUT2D eigenvalue weighted by Crippen LogP contribution is -2.60. The molecule has 1 unspecified atom stereocenters. The molecule has 3 fully saturated rings. The third-order valence-corrected chi connectivity index (χ3v) is 7.12. The van der Waals surface area contributed by atoms with Gasteiger partial charge in [-0.05, 0) is 74.0 Å². The van der Waals surface area contributed by atoms with Gasteiger partial charge in [0.25, 0.3) is 0 Å². The van der Waals surface area contributed by atoms with Gasteiger partial charge in [0.2, 0.25) is 0 Å². The highest BCUT2D eigenvalue weighted by atomic mass is 15.0. The summed E-state index contributed by atoms with van der Waals surface area (Å²) in [6, 6.07) is 10.1. The number of hydrogen-bond acceptors (Lipinski definition) is 1. The monoisotopic (exact) mass is 281 g/mol. The Kier molecular flexibility index (Phi) is 2.77. The van der Waals surface area contributed by atoms with E-state index >= 15 is 0 Å². The second kappa shape index (κ2) is 4.59. The van der Waals surface area contributed by atoms with Gasteiger partial charge in [-0.3, -0.25) is 0 Å². The average Bonchev–Trinajstić information content (AvgIpc) is 3.31. The molecule has 2 saturated carbocycles. The first kappa shape index (κ1) is 12.7. The van der Waals surface area contributed by atoms with Crippen LogP contribution in [0.1, 0.15) is 56.1 Å². The molecule has 1 heteroatoms. The van der Waals surface area contributed by atoms with E-state index < -0.39 is 0 Å². The number of hydrogen-bond donors (Lipinski definition) is 1. The van der Waals surface area contributed by atoms with E-state index in [0.717, 1.165) is 23.8 Å². The normalized spacial score (nSPS) is 41.2. The molecule has 21 heavy (non-hydrogen) atoms. The lowest BCUT2D eigenvalue weighted by atomic mass is 9.51. The first-order chi connectivity index (χ1) is 10.4. The number of benzene rings is 1. The summed E-state index contributed by atoms with van der Waals surface area (Å²) in [5.74, 6) is 3.05. The van der Waals surface area contributed by atoms with Gasteiger partial charge in [-0.25, -0.2) is 0 Å². The van der Waals surface area contributed by atoms with Crippen LogP contribution in [0, 0.1) is 17.8 Å². The highest BCUT2D eigenvalue weighted by molar-refractivity contribution is 5.41. The predicted octanol–water partition coefficient (Wildman–Crippen LogP) is 4.06. The summed E-state index contributed by atoms with van der Waals surface area (Å²) >= 11 is 0. The van der Waals surface area contributed by atoms with Crippen molar-refractivity contribution in [1.29, 1.82) is 0 Å². The Labute approximate surface area is 128 Å². The molecule has 1 heterocycles. The summed E-state index contributed by atoms with van der Waals surface area (Å²) in [4.78, 5) is 0. The second-order valence-electron chi connectivity index (χ2n) is 8.25. The van der Waals surface area contributed by atoms with Gasteiger partial charge in [0, 0.05) is 11.5 Å². The minimum absolute atomic E-state index is 0.533. The van der Waals surface area contributed by atoms with E-state index in [2.05, 4.69) is 29.6 Å². The molecule has 0 aromatic heterocycles. The number of fused-ring (bicyclic) bond motifs is 1. The topological polar surface area (TPSA) is 12.0 Å². The Morgan fingerprint density at radius 1 is 1.05 bits per heavy atom. The molecule has 3 aliphatic carbocycles. The Morgan fingerprint density at radius 3 is 2.86 bits per heavy atom. The molecule has 5 rings (SSSR count). The largest absolute Gasteiger partial charge is 0.313 e. The second-order valence-corrected chi connectivity index (χ2v) is 8.25. The van der Waals surface area contributed by atoms with Crippen LogP contribution in [0.3, 0.4) is 0 Å². The fourth-order valence-corrected chi connectivity index (χ4v) is 5.98. The molecule has 2 bridgehead atoms. The van der Waals surface area contributed by atoms with Crippen molar-refractivity contribution in [1.82, 2.24) is 5.32 Å². The van der Waals surface area contributed by atoms with Crippen LogP contribution in [0.2, 0.25) is 0 Å². The minimum Gasteiger partial charge on any atom is -0.313 e. The summed E-state index contributed by atoms with van der Waals surface area (Å²) in [6.45, 7) is 1.24. The fourth-order valence-electron chi connectivity index (χ4n) is 5.98. The maximum atomic E-state index is 3.87. The lowest BCUT2D eigenvalue weighted by molar-refractivity contribution is 0.0486. The van der Waals surface area contributed by atoms with E-state index in [0.29, 0.717) is 5.41 Å². The van der Waals surface area contributed by atoms with Crippen molar-refractivity contribution in [3.63, 3.8) is 0 Å². The van der Waals surface area contributed by atoms with Crippen molar-refractivity contribution in [2.45, 2.75) is 62.8 Å². The van der Waals surface area contributed by atoms with E-state index in [9.17, 15) is 0 Å². The Balaban J connectivity index is 1.51. The SMILES string of the molecule is c1ccc2c(c1)C[C@H]1NCC[C@@]23CCC(CC2CC2)C[C@@H]13. The van der Waals surface area contributed by atoms with Gasteiger partial charge in [-0.2, -0.15) is 0 Å². The molecule has 1 nitrogen and oxygen atoms in total. The van der Waals surface area contributed by atoms with Crippen molar-refractivity contribution in [3.8, 4) is 0 Å². The number of rotatable bonds is 2. The van der Waals surface area contributed by atoms with Gasteiger partial charge >= 0.3 is 0 Å². The van der Waals surface area contributed by atoms with Gasteiger partial charge < -0.3 is 5.32 Å². The van der Waals surface area contributed by atoms with E-state index in [1.54, 1.807) is 17.5 Å². The van der Waals surface area contributed by atoms with Crippen LogP contribution in [-0.4, -0.2) is 12.6 Å². The van der Waals surface area contributed by atoms with Crippen LogP contribution < -0.4 is 5.32 Å². The minimum atomic E-state index is 0.533. The maximum Gasteiger partial charge on any atom is 0.0144 e. The summed E-state index contributed by atoms with van der Waals surface area (Å²) < 4.78 is 0. The van der Waals surface area contributed by atoms with Crippen LogP contribution in [0.5, 0.6) is 0 Å². The lowest BCUT2D eigenvalue weighted by Gasteiger charge is -2.57. The predicted molar refractivity (Wildman–Crippen MR) is 86.4 cm³/mol. The summed E-state index contributed by atoms with van der Waals surface area (Å²) in [5.41, 5.74) is 3.91. The molecule has 0 amide bonds. The van der Waals surface area contributed by atoms with Gasteiger partial charge in [0.05, 0.1) is 0 Å². The van der Waals surface area contributed by atoms with Crippen LogP contribution >= 0.6 is 0 Å². The molecule has 0 spiro atoms. The molecule has 4 aliphatic rings. The zero-order valence-corrected chi connectivity index (χ0v) is 13.0. The molecule has 1 aliphatic heterocycles. The summed E-state index contributed by atoms with van der Waals surface area (Å²) in [6.07, 6.45) is 11.7. The zero-order chi connectivity index (χ0) is 13.9. The molecule has 1 aromatic rings. The highest BCUT2D eigenvalue weighted by Crippen LogP contribution is 2.56. The Hall–Kier alpha value is -0.820. The molecule has 1 aromatic carbocycles. The van der Waals surface area contributed by atoms with Crippen molar-refractivity contribution in [2.75, 3.05) is 6.54 Å². The fraction of sp³-hybridized carbons (Fsp3) is 0.700. The van der Waals surface area contributed by atoms with Crippen molar-refractivity contribution in [2.24, 2.45) is 17.8 Å². The van der Waals surface area contributed by atoms with Crippen molar-refractivity contribution >= 4 is 0 Å². The first-order valence-corrected chi connectivity index (χ1v) is 9.17. The van der Waals surface area contributed by atoms with E-state index in [-0.39, 0.29) is 0 Å². The zero-order valence-electron chi connectivity index (χ0n) is 13.0. The van der Waals surface area contributed by atoms with E-state index in [4.69, 9.17) is 0 Å².